The van der Waals surface area contributed by atoms with Gasteiger partial charge in [0.05, 0.1) is 10.7 Å². The summed E-state index contributed by atoms with van der Waals surface area (Å²) in [6, 6.07) is 19.5. The fourth-order valence-corrected chi connectivity index (χ4v) is 3.57. The number of carbonyl (C=O) groups excluding carboxylic acids is 1. The molecule has 0 radical (unpaired) electrons. The van der Waals surface area contributed by atoms with Gasteiger partial charge in [-0.15, -0.1) is 10.2 Å². The first-order valence-corrected chi connectivity index (χ1v) is 10.3. The Labute approximate surface area is 181 Å². The molecule has 3 aromatic rings. The molecule has 1 fully saturated rings. The number of rotatable bonds is 5. The number of amides is 1. The van der Waals surface area contributed by atoms with Crippen molar-refractivity contribution >= 4 is 23.3 Å². The second-order valence-corrected chi connectivity index (χ2v) is 7.64. The zero-order chi connectivity index (χ0) is 20.9. The summed E-state index contributed by atoms with van der Waals surface area (Å²) >= 11 is 6.13. The number of carbonyl (C=O) groups is 1. The van der Waals surface area contributed by atoms with Crippen LogP contribution in [0.3, 0.4) is 0 Å². The molecule has 2 heterocycles. The lowest BCUT2D eigenvalue weighted by Crippen LogP contribution is -2.50. The van der Waals surface area contributed by atoms with E-state index in [1.165, 1.54) is 0 Å². The molecule has 6 nitrogen and oxygen atoms in total. The van der Waals surface area contributed by atoms with Crippen LogP contribution >= 0.6 is 11.6 Å². The smallest absolute Gasteiger partial charge is 0.260 e. The van der Waals surface area contributed by atoms with Gasteiger partial charge in [0.1, 0.15) is 5.75 Å². The predicted octanol–water partition coefficient (Wildman–Crippen LogP) is 3.83. The third-order valence-corrected chi connectivity index (χ3v) is 5.43. The minimum absolute atomic E-state index is 0.0191. The van der Waals surface area contributed by atoms with Crippen LogP contribution in [-0.4, -0.2) is 53.8 Å². The van der Waals surface area contributed by atoms with Crippen molar-refractivity contribution in [2.75, 3.05) is 37.7 Å². The van der Waals surface area contributed by atoms with E-state index in [2.05, 4.69) is 15.1 Å². The van der Waals surface area contributed by atoms with Crippen molar-refractivity contribution < 1.29 is 9.53 Å². The summed E-state index contributed by atoms with van der Waals surface area (Å²) in [6.45, 7) is 4.58. The van der Waals surface area contributed by atoms with Crippen LogP contribution in [0.25, 0.3) is 11.3 Å². The van der Waals surface area contributed by atoms with E-state index in [9.17, 15) is 4.79 Å². The number of nitrogens with zero attached hydrogens (tertiary/aromatic N) is 4. The quantitative estimate of drug-likeness (QED) is 0.625. The first-order valence-electron chi connectivity index (χ1n) is 9.91. The van der Waals surface area contributed by atoms with Gasteiger partial charge in [0.2, 0.25) is 0 Å². The molecule has 154 valence electrons. The van der Waals surface area contributed by atoms with Crippen LogP contribution < -0.4 is 9.64 Å². The Bertz CT molecular complexity index is 1000. The summed E-state index contributed by atoms with van der Waals surface area (Å²) in [5.41, 5.74) is 2.93. The molecule has 0 spiro atoms. The van der Waals surface area contributed by atoms with Gasteiger partial charge in [0.15, 0.2) is 12.4 Å². The van der Waals surface area contributed by atoms with Crippen molar-refractivity contribution in [3.8, 4) is 17.0 Å². The van der Waals surface area contributed by atoms with Crippen LogP contribution in [-0.2, 0) is 4.79 Å². The Morgan fingerprint density at radius 3 is 2.47 bits per heavy atom. The number of aromatic nitrogens is 2. The Morgan fingerprint density at radius 1 is 1.00 bits per heavy atom. The van der Waals surface area contributed by atoms with E-state index >= 15 is 0 Å². The Kier molecular flexibility index (Phi) is 6.14. The molecule has 0 aliphatic carbocycles. The Hall–Kier alpha value is -3.12. The van der Waals surface area contributed by atoms with Crippen molar-refractivity contribution in [1.29, 1.82) is 0 Å². The second kappa shape index (κ2) is 9.13. The standard InChI is InChI=1S/C23H23ClN4O2/c1-17-7-8-19(24)21(15-17)30-16-23(29)28-13-11-27(12-14-28)22-10-9-20(25-26-22)18-5-3-2-4-6-18/h2-10,15H,11-14,16H2,1H3. The normalized spacial score (nSPS) is 13.9. The van der Waals surface area contributed by atoms with E-state index < -0.39 is 0 Å². The number of aryl methyl sites for hydroxylation is 1. The number of halogens is 1. The monoisotopic (exact) mass is 422 g/mol. The van der Waals surface area contributed by atoms with Crippen LogP contribution in [0.4, 0.5) is 5.82 Å². The highest BCUT2D eigenvalue weighted by atomic mass is 35.5. The highest BCUT2D eigenvalue weighted by Gasteiger charge is 2.22. The SMILES string of the molecule is Cc1ccc(Cl)c(OCC(=O)N2CCN(c3ccc(-c4ccccc4)nn3)CC2)c1. The molecule has 0 unspecified atom stereocenters. The number of hydrogen-bond donors (Lipinski definition) is 0. The van der Waals surface area contributed by atoms with E-state index in [-0.39, 0.29) is 12.5 Å². The van der Waals surface area contributed by atoms with Crippen molar-refractivity contribution in [1.82, 2.24) is 15.1 Å². The molecule has 4 rings (SSSR count). The summed E-state index contributed by atoms with van der Waals surface area (Å²) in [7, 11) is 0. The van der Waals surface area contributed by atoms with Crippen LogP contribution in [0.2, 0.25) is 5.02 Å². The molecule has 0 bridgehead atoms. The van der Waals surface area contributed by atoms with Gasteiger partial charge < -0.3 is 14.5 Å². The first-order chi connectivity index (χ1) is 14.6. The van der Waals surface area contributed by atoms with Gasteiger partial charge in [0, 0.05) is 31.7 Å². The minimum atomic E-state index is -0.0438. The minimum Gasteiger partial charge on any atom is -0.482 e. The molecule has 2 aromatic carbocycles. The number of piperazine rings is 1. The van der Waals surface area contributed by atoms with Gasteiger partial charge in [0.25, 0.3) is 5.91 Å². The van der Waals surface area contributed by atoms with E-state index in [1.54, 1.807) is 6.07 Å². The lowest BCUT2D eigenvalue weighted by molar-refractivity contribution is -0.133. The summed E-state index contributed by atoms with van der Waals surface area (Å²) in [6.07, 6.45) is 0. The zero-order valence-electron chi connectivity index (χ0n) is 16.8. The van der Waals surface area contributed by atoms with Gasteiger partial charge in [-0.1, -0.05) is 48.0 Å². The summed E-state index contributed by atoms with van der Waals surface area (Å²) in [5, 5.41) is 9.24. The summed E-state index contributed by atoms with van der Waals surface area (Å²) in [4.78, 5) is 16.5. The van der Waals surface area contributed by atoms with Crippen molar-refractivity contribution in [3.63, 3.8) is 0 Å². The third-order valence-electron chi connectivity index (χ3n) is 5.11. The molecule has 30 heavy (non-hydrogen) atoms. The molecule has 1 amide bonds. The highest BCUT2D eigenvalue weighted by Crippen LogP contribution is 2.25. The summed E-state index contributed by atoms with van der Waals surface area (Å²) in [5.74, 6) is 1.32. The maximum absolute atomic E-state index is 12.5. The van der Waals surface area contributed by atoms with E-state index in [4.69, 9.17) is 16.3 Å². The number of ether oxygens (including phenoxy) is 1. The fourth-order valence-electron chi connectivity index (χ4n) is 3.39. The zero-order valence-corrected chi connectivity index (χ0v) is 17.5. The van der Waals surface area contributed by atoms with Crippen LogP contribution in [0.15, 0.2) is 60.7 Å². The van der Waals surface area contributed by atoms with E-state index in [0.717, 1.165) is 22.6 Å². The molecule has 1 aromatic heterocycles. The Morgan fingerprint density at radius 2 is 1.77 bits per heavy atom. The van der Waals surface area contributed by atoms with E-state index in [1.807, 2.05) is 66.4 Å². The molecule has 1 aliphatic rings. The maximum atomic E-state index is 12.5. The first kappa shape index (κ1) is 20.2. The molecule has 0 saturated carbocycles. The highest BCUT2D eigenvalue weighted by molar-refractivity contribution is 6.32. The molecular weight excluding hydrogens is 400 g/mol. The van der Waals surface area contributed by atoms with Crippen molar-refractivity contribution in [2.45, 2.75) is 6.92 Å². The second-order valence-electron chi connectivity index (χ2n) is 7.23. The molecule has 1 aliphatic heterocycles. The number of hydrogen-bond acceptors (Lipinski definition) is 5. The summed E-state index contributed by atoms with van der Waals surface area (Å²) < 4.78 is 5.64. The lowest BCUT2D eigenvalue weighted by atomic mass is 10.1. The van der Waals surface area contributed by atoms with Gasteiger partial charge in [-0.25, -0.2) is 0 Å². The average Bonchev–Trinajstić information content (AvgIpc) is 2.80. The number of anilines is 1. The van der Waals surface area contributed by atoms with Crippen LogP contribution in [0.1, 0.15) is 5.56 Å². The van der Waals surface area contributed by atoms with Crippen LogP contribution in [0, 0.1) is 6.92 Å². The maximum Gasteiger partial charge on any atom is 0.260 e. The largest absolute Gasteiger partial charge is 0.482 e. The van der Waals surface area contributed by atoms with Gasteiger partial charge in [-0.05, 0) is 36.8 Å². The molecule has 0 atom stereocenters. The lowest BCUT2D eigenvalue weighted by Gasteiger charge is -2.35. The van der Waals surface area contributed by atoms with Gasteiger partial charge >= 0.3 is 0 Å². The van der Waals surface area contributed by atoms with Gasteiger partial charge in [-0.3, -0.25) is 4.79 Å². The predicted molar refractivity (Wildman–Crippen MR) is 118 cm³/mol. The van der Waals surface area contributed by atoms with Crippen molar-refractivity contribution in [2.24, 2.45) is 0 Å². The third kappa shape index (κ3) is 4.71. The topological polar surface area (TPSA) is 58.6 Å². The van der Waals surface area contributed by atoms with Crippen LogP contribution in [0.5, 0.6) is 5.75 Å². The number of benzene rings is 2. The Balaban J connectivity index is 1.30. The molecule has 7 heteroatoms. The average molecular weight is 423 g/mol. The van der Waals surface area contributed by atoms with E-state index in [0.29, 0.717) is 37.0 Å². The molecule has 0 N–H and O–H groups in total. The van der Waals surface area contributed by atoms with Crippen molar-refractivity contribution in [3.05, 3.63) is 71.2 Å². The fraction of sp³-hybridized carbons (Fsp3) is 0.261. The molecule has 1 saturated heterocycles. The molecular formula is C23H23ClN4O2. The van der Waals surface area contributed by atoms with Gasteiger partial charge in [-0.2, -0.15) is 0 Å².